The number of anilines is 3. The fraction of sp³-hybridized carbons (Fsp3) is 0.118. The molecule has 1 amide bonds. The van der Waals surface area contributed by atoms with Crippen LogP contribution in [0.25, 0.3) is 0 Å². The van der Waals surface area contributed by atoms with Crippen molar-refractivity contribution in [2.24, 2.45) is 0 Å². The molecule has 0 bridgehead atoms. The van der Waals surface area contributed by atoms with E-state index in [0.717, 1.165) is 11.4 Å². The van der Waals surface area contributed by atoms with Crippen molar-refractivity contribution in [3.63, 3.8) is 0 Å². The highest BCUT2D eigenvalue weighted by Gasteiger charge is 2.10. The number of carbonyl (C=O) groups is 1. The van der Waals surface area contributed by atoms with Crippen molar-refractivity contribution < 1.29 is 14.1 Å². The van der Waals surface area contributed by atoms with E-state index in [4.69, 9.17) is 9.26 Å². The molecule has 0 atom stereocenters. The molecular weight excluding hydrogens is 308 g/mol. The number of hydrogen-bond acceptors (Lipinski definition) is 6. The van der Waals surface area contributed by atoms with Crippen molar-refractivity contribution in [1.82, 2.24) is 10.1 Å². The summed E-state index contributed by atoms with van der Waals surface area (Å²) < 4.78 is 10.0. The van der Waals surface area contributed by atoms with Crippen LogP contribution < -0.4 is 15.4 Å². The molecule has 0 aliphatic heterocycles. The Morgan fingerprint density at radius 3 is 2.58 bits per heavy atom. The zero-order chi connectivity index (χ0) is 16.9. The standard InChI is InChI=1S/C17H16N4O3/c1-11-7-16(21-24-11)20-17(22)12-8-14(10-18-9-12)19-13-3-5-15(23-2)6-4-13/h3-10,19H,1-2H3,(H,20,21,22). The number of carbonyl (C=O) groups excluding carboxylic acids is 1. The number of aryl methyl sites for hydroxylation is 1. The van der Waals surface area contributed by atoms with Gasteiger partial charge in [0.05, 0.1) is 24.6 Å². The molecule has 2 aromatic heterocycles. The van der Waals surface area contributed by atoms with E-state index in [1.807, 2.05) is 24.3 Å². The van der Waals surface area contributed by atoms with Crippen molar-refractivity contribution >= 4 is 23.1 Å². The topological polar surface area (TPSA) is 89.3 Å². The molecule has 1 aromatic carbocycles. The van der Waals surface area contributed by atoms with Gasteiger partial charge in [-0.2, -0.15) is 0 Å². The average Bonchev–Trinajstić information content (AvgIpc) is 3.00. The van der Waals surface area contributed by atoms with E-state index in [1.54, 1.807) is 32.4 Å². The first-order chi connectivity index (χ1) is 11.6. The van der Waals surface area contributed by atoms with Crippen LogP contribution in [0.1, 0.15) is 16.1 Å². The van der Waals surface area contributed by atoms with Crippen molar-refractivity contribution in [2.75, 3.05) is 17.7 Å². The predicted octanol–water partition coefficient (Wildman–Crippen LogP) is 3.38. The highest BCUT2D eigenvalue weighted by atomic mass is 16.5. The normalized spacial score (nSPS) is 10.2. The fourth-order valence-electron chi connectivity index (χ4n) is 2.09. The number of aromatic nitrogens is 2. The number of hydrogen-bond donors (Lipinski definition) is 2. The molecule has 0 saturated carbocycles. The summed E-state index contributed by atoms with van der Waals surface area (Å²) in [5.74, 6) is 1.45. The minimum absolute atomic E-state index is 0.311. The number of nitrogens with zero attached hydrogens (tertiary/aromatic N) is 2. The number of ether oxygens (including phenoxy) is 1. The van der Waals surface area contributed by atoms with Crippen molar-refractivity contribution in [3.05, 3.63) is 60.1 Å². The van der Waals surface area contributed by atoms with Crippen LogP contribution in [0.2, 0.25) is 0 Å². The van der Waals surface area contributed by atoms with E-state index in [2.05, 4.69) is 20.8 Å². The summed E-state index contributed by atoms with van der Waals surface area (Å²) in [7, 11) is 1.62. The molecule has 0 saturated heterocycles. The number of methoxy groups -OCH3 is 1. The van der Waals surface area contributed by atoms with Crippen LogP contribution in [-0.2, 0) is 0 Å². The summed E-state index contributed by atoms with van der Waals surface area (Å²) in [6, 6.07) is 10.8. The van der Waals surface area contributed by atoms with Crippen LogP contribution in [0.4, 0.5) is 17.2 Å². The van der Waals surface area contributed by atoms with Gasteiger partial charge in [-0.15, -0.1) is 0 Å². The lowest BCUT2D eigenvalue weighted by Gasteiger charge is -2.08. The van der Waals surface area contributed by atoms with E-state index in [0.29, 0.717) is 22.8 Å². The van der Waals surface area contributed by atoms with E-state index < -0.39 is 0 Å². The average molecular weight is 324 g/mol. The Morgan fingerprint density at radius 1 is 1.12 bits per heavy atom. The van der Waals surface area contributed by atoms with Crippen molar-refractivity contribution in [1.29, 1.82) is 0 Å². The third-order valence-corrected chi connectivity index (χ3v) is 3.25. The Labute approximate surface area is 138 Å². The van der Waals surface area contributed by atoms with Gasteiger partial charge in [-0.3, -0.25) is 9.78 Å². The molecule has 0 aliphatic carbocycles. The monoisotopic (exact) mass is 324 g/mol. The maximum atomic E-state index is 12.2. The van der Waals surface area contributed by atoms with Crippen LogP contribution in [0.15, 0.2) is 53.3 Å². The van der Waals surface area contributed by atoms with E-state index in [1.165, 1.54) is 6.20 Å². The van der Waals surface area contributed by atoms with E-state index in [9.17, 15) is 4.79 Å². The van der Waals surface area contributed by atoms with Crippen LogP contribution in [0.3, 0.4) is 0 Å². The lowest BCUT2D eigenvalue weighted by molar-refractivity contribution is 0.102. The Hall–Kier alpha value is -3.35. The molecule has 2 heterocycles. The van der Waals surface area contributed by atoms with Gasteiger partial charge >= 0.3 is 0 Å². The quantitative estimate of drug-likeness (QED) is 0.748. The third kappa shape index (κ3) is 3.70. The molecule has 0 unspecified atom stereocenters. The third-order valence-electron chi connectivity index (χ3n) is 3.25. The lowest BCUT2D eigenvalue weighted by Crippen LogP contribution is -2.12. The summed E-state index contributed by atoms with van der Waals surface area (Å²) in [6.07, 6.45) is 3.13. The molecule has 0 spiro atoms. The fourth-order valence-corrected chi connectivity index (χ4v) is 2.09. The van der Waals surface area contributed by atoms with Crippen molar-refractivity contribution in [2.45, 2.75) is 6.92 Å². The molecule has 3 aromatic rings. The molecular formula is C17H16N4O3. The minimum Gasteiger partial charge on any atom is -0.497 e. The first-order valence-electron chi connectivity index (χ1n) is 7.25. The zero-order valence-electron chi connectivity index (χ0n) is 13.2. The number of benzene rings is 1. The van der Waals surface area contributed by atoms with Gasteiger partial charge < -0.3 is 19.9 Å². The van der Waals surface area contributed by atoms with Crippen molar-refractivity contribution in [3.8, 4) is 5.75 Å². The second kappa shape index (κ2) is 6.82. The predicted molar refractivity (Wildman–Crippen MR) is 89.7 cm³/mol. The Kier molecular flexibility index (Phi) is 4.42. The minimum atomic E-state index is -0.311. The SMILES string of the molecule is COc1ccc(Nc2cncc(C(=O)Nc3cc(C)on3)c2)cc1. The maximum Gasteiger partial charge on any atom is 0.258 e. The Morgan fingerprint density at radius 2 is 1.92 bits per heavy atom. The lowest BCUT2D eigenvalue weighted by atomic mass is 10.2. The molecule has 7 heteroatoms. The van der Waals surface area contributed by atoms with Gasteiger partial charge in [0, 0.05) is 18.0 Å². The second-order valence-corrected chi connectivity index (χ2v) is 5.09. The maximum absolute atomic E-state index is 12.2. The molecule has 2 N–H and O–H groups in total. The zero-order valence-corrected chi connectivity index (χ0v) is 13.2. The summed E-state index contributed by atoms with van der Waals surface area (Å²) in [4.78, 5) is 16.3. The Balaban J connectivity index is 1.72. The highest BCUT2D eigenvalue weighted by molar-refractivity contribution is 6.04. The molecule has 0 aliphatic rings. The van der Waals surface area contributed by atoms with Crippen LogP contribution in [0.5, 0.6) is 5.75 Å². The molecule has 3 rings (SSSR count). The first-order valence-corrected chi connectivity index (χ1v) is 7.25. The van der Waals surface area contributed by atoms with Gasteiger partial charge in [0.25, 0.3) is 5.91 Å². The van der Waals surface area contributed by atoms with Gasteiger partial charge in [-0.05, 0) is 37.3 Å². The number of amides is 1. The highest BCUT2D eigenvalue weighted by Crippen LogP contribution is 2.20. The van der Waals surface area contributed by atoms with Crippen LogP contribution in [0, 0.1) is 6.92 Å². The van der Waals surface area contributed by atoms with Gasteiger partial charge in [0.2, 0.25) is 0 Å². The number of nitrogens with one attached hydrogen (secondary N) is 2. The molecule has 7 nitrogen and oxygen atoms in total. The molecule has 24 heavy (non-hydrogen) atoms. The van der Waals surface area contributed by atoms with Gasteiger partial charge in [-0.25, -0.2) is 0 Å². The van der Waals surface area contributed by atoms with Crippen LogP contribution in [-0.4, -0.2) is 23.2 Å². The molecule has 0 fully saturated rings. The number of pyridine rings is 1. The summed E-state index contributed by atoms with van der Waals surface area (Å²) in [5, 5.41) is 9.58. The largest absolute Gasteiger partial charge is 0.497 e. The summed E-state index contributed by atoms with van der Waals surface area (Å²) >= 11 is 0. The van der Waals surface area contributed by atoms with E-state index >= 15 is 0 Å². The Bertz CT molecular complexity index is 843. The van der Waals surface area contributed by atoms with Gasteiger partial charge in [-0.1, -0.05) is 5.16 Å². The smallest absolute Gasteiger partial charge is 0.258 e. The van der Waals surface area contributed by atoms with Crippen LogP contribution >= 0.6 is 0 Å². The first kappa shape index (κ1) is 15.5. The van der Waals surface area contributed by atoms with Gasteiger partial charge in [0.1, 0.15) is 11.5 Å². The summed E-state index contributed by atoms with van der Waals surface area (Å²) in [6.45, 7) is 1.75. The number of rotatable bonds is 5. The molecule has 122 valence electrons. The second-order valence-electron chi connectivity index (χ2n) is 5.09. The molecule has 0 radical (unpaired) electrons. The van der Waals surface area contributed by atoms with Gasteiger partial charge in [0.15, 0.2) is 5.82 Å². The van der Waals surface area contributed by atoms with E-state index in [-0.39, 0.29) is 5.91 Å². The summed E-state index contributed by atoms with van der Waals surface area (Å²) in [5.41, 5.74) is 1.97.